The zero-order valence-corrected chi connectivity index (χ0v) is 18.5. The van der Waals surface area contributed by atoms with Gasteiger partial charge in [0, 0.05) is 11.9 Å². The van der Waals surface area contributed by atoms with Crippen LogP contribution in [0, 0.1) is 19.7 Å². The van der Waals surface area contributed by atoms with E-state index in [-0.39, 0.29) is 18.0 Å². The van der Waals surface area contributed by atoms with Gasteiger partial charge in [0.1, 0.15) is 5.82 Å². The third-order valence-electron chi connectivity index (χ3n) is 4.36. The lowest BCUT2D eigenvalue weighted by atomic mass is 10.2. The van der Waals surface area contributed by atoms with Gasteiger partial charge in [-0.3, -0.25) is 9.59 Å². The van der Waals surface area contributed by atoms with Crippen LogP contribution in [0.5, 0.6) is 0 Å². The van der Waals surface area contributed by atoms with Crippen molar-refractivity contribution in [1.82, 2.24) is 25.1 Å². The number of aromatic nitrogens is 4. The number of hydrogen-bond donors (Lipinski definition) is 2. The maximum absolute atomic E-state index is 13.7. The first-order chi connectivity index (χ1) is 14.3. The van der Waals surface area contributed by atoms with E-state index in [4.69, 9.17) is 0 Å². The Bertz CT molecular complexity index is 1060. The van der Waals surface area contributed by atoms with Crippen LogP contribution < -0.4 is 10.6 Å². The van der Waals surface area contributed by atoms with Crippen LogP contribution in [0.15, 0.2) is 29.4 Å². The van der Waals surface area contributed by atoms with Crippen LogP contribution in [-0.2, 0) is 18.4 Å². The minimum Gasteiger partial charge on any atom is -0.345 e. The number of halogens is 1. The molecule has 2 aromatic heterocycles. The van der Waals surface area contributed by atoms with Gasteiger partial charge in [0.2, 0.25) is 5.91 Å². The van der Waals surface area contributed by atoms with Crippen molar-refractivity contribution in [3.05, 3.63) is 52.0 Å². The monoisotopic (exact) mass is 448 g/mol. The Balaban J connectivity index is 1.58. The lowest BCUT2D eigenvalue weighted by molar-refractivity contribution is -0.115. The molecule has 0 aliphatic heterocycles. The molecular weight excluding hydrogens is 427 g/mol. The second-order valence-electron chi connectivity index (χ2n) is 6.53. The number of anilines is 1. The molecule has 0 aliphatic carbocycles. The summed E-state index contributed by atoms with van der Waals surface area (Å²) >= 11 is 2.67. The topological polar surface area (TPSA) is 102 Å². The van der Waals surface area contributed by atoms with E-state index in [9.17, 15) is 14.0 Å². The van der Waals surface area contributed by atoms with E-state index in [2.05, 4.69) is 25.8 Å². The lowest BCUT2D eigenvalue weighted by Gasteiger charge is -2.10. The zero-order chi connectivity index (χ0) is 21.8. The fourth-order valence-corrected chi connectivity index (χ4v) is 4.10. The van der Waals surface area contributed by atoms with E-state index in [1.54, 1.807) is 24.6 Å². The summed E-state index contributed by atoms with van der Waals surface area (Å²) in [4.78, 5) is 30.0. The summed E-state index contributed by atoms with van der Waals surface area (Å²) in [6.45, 7) is 5.69. The highest BCUT2D eigenvalue weighted by molar-refractivity contribution is 8.00. The first-order valence-corrected chi connectivity index (χ1v) is 10.8. The predicted octanol–water partition coefficient (Wildman–Crippen LogP) is 3.08. The van der Waals surface area contributed by atoms with Crippen molar-refractivity contribution in [2.24, 2.45) is 7.05 Å². The standard InChI is InChI=1S/C19H21FN6O2S2/c1-10-11(2)29-18(22-10)23-16(27)12(3)30-19-25-24-15(26(19)4)9-21-17(28)13-7-5-6-8-14(13)20/h5-8,12H,9H2,1-4H3,(H,21,28)(H,22,23,27)/t12-/m1/s1. The van der Waals surface area contributed by atoms with Crippen molar-refractivity contribution in [3.63, 3.8) is 0 Å². The molecule has 30 heavy (non-hydrogen) atoms. The van der Waals surface area contributed by atoms with Gasteiger partial charge in [-0.2, -0.15) is 0 Å². The Morgan fingerprint density at radius 3 is 2.67 bits per heavy atom. The number of carbonyl (C=O) groups is 2. The molecule has 0 saturated heterocycles. The van der Waals surface area contributed by atoms with Crippen molar-refractivity contribution in [2.75, 3.05) is 5.32 Å². The molecule has 0 aliphatic rings. The highest BCUT2D eigenvalue weighted by atomic mass is 32.2. The summed E-state index contributed by atoms with van der Waals surface area (Å²) in [6.07, 6.45) is 0. The molecule has 0 fully saturated rings. The molecule has 0 saturated carbocycles. The van der Waals surface area contributed by atoms with Gasteiger partial charge in [-0.25, -0.2) is 9.37 Å². The molecule has 2 N–H and O–H groups in total. The molecule has 2 amide bonds. The number of nitrogens with one attached hydrogen (secondary N) is 2. The number of amides is 2. The predicted molar refractivity (Wildman–Crippen MR) is 114 cm³/mol. The number of nitrogens with zero attached hydrogens (tertiary/aromatic N) is 4. The van der Waals surface area contributed by atoms with E-state index in [0.717, 1.165) is 10.6 Å². The molecule has 8 nitrogen and oxygen atoms in total. The fraction of sp³-hybridized carbons (Fsp3) is 0.316. The molecule has 11 heteroatoms. The summed E-state index contributed by atoms with van der Waals surface area (Å²) < 4.78 is 15.4. The van der Waals surface area contributed by atoms with Crippen LogP contribution in [0.3, 0.4) is 0 Å². The zero-order valence-electron chi connectivity index (χ0n) is 16.9. The summed E-state index contributed by atoms with van der Waals surface area (Å²) in [7, 11) is 1.74. The molecule has 3 aromatic rings. The van der Waals surface area contributed by atoms with Gasteiger partial charge in [0.05, 0.1) is 23.1 Å². The highest BCUT2D eigenvalue weighted by Gasteiger charge is 2.20. The Kier molecular flexibility index (Phi) is 6.83. The summed E-state index contributed by atoms with van der Waals surface area (Å²) in [6, 6.07) is 5.75. The van der Waals surface area contributed by atoms with Crippen LogP contribution in [0.1, 0.15) is 33.7 Å². The third-order valence-corrected chi connectivity index (χ3v) is 6.48. The van der Waals surface area contributed by atoms with E-state index in [1.165, 1.54) is 41.3 Å². The van der Waals surface area contributed by atoms with Crippen LogP contribution in [0.25, 0.3) is 0 Å². The first-order valence-electron chi connectivity index (χ1n) is 9.08. The normalized spacial score (nSPS) is 11.9. The van der Waals surface area contributed by atoms with Gasteiger partial charge in [-0.05, 0) is 32.9 Å². The van der Waals surface area contributed by atoms with E-state index < -0.39 is 17.0 Å². The Labute approximate surface area is 181 Å². The van der Waals surface area contributed by atoms with Gasteiger partial charge in [-0.1, -0.05) is 23.9 Å². The molecule has 0 radical (unpaired) electrons. The number of thioether (sulfide) groups is 1. The number of thiazole rings is 1. The number of hydrogen-bond acceptors (Lipinski definition) is 7. The van der Waals surface area contributed by atoms with E-state index in [0.29, 0.717) is 16.1 Å². The smallest absolute Gasteiger partial charge is 0.254 e. The maximum Gasteiger partial charge on any atom is 0.254 e. The molecule has 0 bridgehead atoms. The van der Waals surface area contributed by atoms with E-state index >= 15 is 0 Å². The summed E-state index contributed by atoms with van der Waals surface area (Å²) in [5.41, 5.74) is 0.859. The number of rotatable bonds is 7. The molecule has 2 heterocycles. The van der Waals surface area contributed by atoms with Gasteiger partial charge in [0.25, 0.3) is 5.91 Å². The maximum atomic E-state index is 13.7. The molecule has 158 valence electrons. The SMILES string of the molecule is Cc1nc(NC(=O)[C@@H](C)Sc2nnc(CNC(=O)c3ccccc3F)n2C)sc1C. The minimum absolute atomic E-state index is 0.0350. The average molecular weight is 449 g/mol. The third kappa shape index (κ3) is 5.03. The van der Waals surface area contributed by atoms with E-state index in [1.807, 2.05) is 13.8 Å². The highest BCUT2D eigenvalue weighted by Crippen LogP contribution is 2.25. The Morgan fingerprint density at radius 2 is 2.00 bits per heavy atom. The van der Waals surface area contributed by atoms with Crippen molar-refractivity contribution in [2.45, 2.75) is 37.7 Å². The first kappa shape index (κ1) is 21.9. The average Bonchev–Trinajstić information content (AvgIpc) is 3.21. The summed E-state index contributed by atoms with van der Waals surface area (Å²) in [5, 5.41) is 14.2. The molecular formula is C19H21FN6O2S2. The summed E-state index contributed by atoms with van der Waals surface area (Å²) in [5.74, 6) is -0.825. The molecule has 1 atom stereocenters. The van der Waals surface area contributed by atoms with Gasteiger partial charge in [0.15, 0.2) is 16.1 Å². The minimum atomic E-state index is -0.588. The number of benzene rings is 1. The Morgan fingerprint density at radius 1 is 1.27 bits per heavy atom. The number of aryl methyl sites for hydroxylation is 2. The van der Waals surface area contributed by atoms with Gasteiger partial charge in [-0.15, -0.1) is 21.5 Å². The number of carbonyl (C=O) groups excluding carboxylic acids is 2. The molecule has 1 aromatic carbocycles. The fourth-order valence-electron chi connectivity index (χ4n) is 2.45. The second kappa shape index (κ2) is 9.35. The second-order valence-corrected chi connectivity index (χ2v) is 9.04. The van der Waals surface area contributed by atoms with Gasteiger partial charge >= 0.3 is 0 Å². The van der Waals surface area contributed by atoms with Crippen molar-refractivity contribution in [1.29, 1.82) is 0 Å². The van der Waals surface area contributed by atoms with Crippen LogP contribution in [0.4, 0.5) is 9.52 Å². The van der Waals surface area contributed by atoms with Crippen molar-refractivity contribution >= 4 is 40.0 Å². The molecule has 3 rings (SSSR count). The molecule has 0 unspecified atom stereocenters. The van der Waals surface area contributed by atoms with Crippen LogP contribution >= 0.6 is 23.1 Å². The quantitative estimate of drug-likeness (QED) is 0.539. The van der Waals surface area contributed by atoms with Gasteiger partial charge < -0.3 is 15.2 Å². The van der Waals surface area contributed by atoms with Crippen molar-refractivity contribution < 1.29 is 14.0 Å². The van der Waals surface area contributed by atoms with Crippen molar-refractivity contribution in [3.8, 4) is 0 Å². The van der Waals surface area contributed by atoms with Crippen LogP contribution in [0.2, 0.25) is 0 Å². The lowest BCUT2D eigenvalue weighted by Crippen LogP contribution is -2.25. The molecule has 0 spiro atoms. The largest absolute Gasteiger partial charge is 0.345 e. The van der Waals surface area contributed by atoms with Crippen LogP contribution in [-0.4, -0.2) is 36.8 Å². The Hall–Kier alpha value is -2.79.